The highest BCUT2D eigenvalue weighted by atomic mass is 32.2. The summed E-state index contributed by atoms with van der Waals surface area (Å²) in [6.07, 6.45) is 5.82. The van der Waals surface area contributed by atoms with Gasteiger partial charge in [0.2, 0.25) is 0 Å². The van der Waals surface area contributed by atoms with Gasteiger partial charge in [0.05, 0.1) is 37.1 Å². The van der Waals surface area contributed by atoms with Gasteiger partial charge in [-0.25, -0.2) is 23.4 Å². The standard InChI is InChI=1S/C30H43N5O5SSi/c1-17(2)42(18(3)4,19(5)6)34-12-9-22-24(23(36)13-31-28(22)34)27-32-26(30(10-11-30)41(8,37)38)25-29(33-27)35-20(7)14-39-15-21(35)16-40-25/h9,12-13,17-21,36H,10-11,14-16H2,1-8H3/t20-,21+/m1/s1. The molecule has 0 amide bonds. The summed E-state index contributed by atoms with van der Waals surface area (Å²) in [6.45, 7) is 17.3. The van der Waals surface area contributed by atoms with Crippen LogP contribution in [0.4, 0.5) is 5.82 Å². The second-order valence-electron chi connectivity index (χ2n) is 13.4. The average Bonchev–Trinajstić information content (AvgIpc) is 3.63. The maximum Gasteiger partial charge on any atom is 0.185 e. The van der Waals surface area contributed by atoms with E-state index in [0.29, 0.717) is 72.1 Å². The van der Waals surface area contributed by atoms with Crippen LogP contribution >= 0.6 is 0 Å². The van der Waals surface area contributed by atoms with Gasteiger partial charge in [-0.15, -0.1) is 0 Å². The molecule has 1 saturated heterocycles. The lowest BCUT2D eigenvalue weighted by molar-refractivity contribution is 0.0483. The second kappa shape index (κ2) is 9.92. The number of anilines is 1. The zero-order valence-corrected chi connectivity index (χ0v) is 27.7. The number of hydrogen-bond acceptors (Lipinski definition) is 9. The summed E-state index contributed by atoms with van der Waals surface area (Å²) in [6, 6.07) is 1.97. The van der Waals surface area contributed by atoms with Gasteiger partial charge in [-0.3, -0.25) is 0 Å². The van der Waals surface area contributed by atoms with Gasteiger partial charge < -0.3 is 23.7 Å². The van der Waals surface area contributed by atoms with E-state index in [1.54, 1.807) is 0 Å². The Bertz CT molecular complexity index is 1630. The minimum Gasteiger partial charge on any atom is -0.506 e. The van der Waals surface area contributed by atoms with Crippen molar-refractivity contribution in [1.29, 1.82) is 0 Å². The van der Waals surface area contributed by atoms with Crippen LogP contribution in [-0.4, -0.2) is 79.1 Å². The van der Waals surface area contributed by atoms with Crippen LogP contribution in [0.5, 0.6) is 11.5 Å². The molecular formula is C30H43N5O5SSi. The summed E-state index contributed by atoms with van der Waals surface area (Å²) in [4.78, 5) is 16.9. The van der Waals surface area contributed by atoms with E-state index >= 15 is 0 Å². The van der Waals surface area contributed by atoms with Crippen LogP contribution in [-0.2, 0) is 19.3 Å². The lowest BCUT2D eigenvalue weighted by atomic mass is 10.1. The van der Waals surface area contributed by atoms with Crippen LogP contribution in [0, 0.1) is 0 Å². The monoisotopic (exact) mass is 613 g/mol. The van der Waals surface area contributed by atoms with Crippen molar-refractivity contribution in [3.63, 3.8) is 0 Å². The molecule has 6 rings (SSSR count). The highest BCUT2D eigenvalue weighted by Crippen LogP contribution is 2.57. The van der Waals surface area contributed by atoms with Gasteiger partial charge in [-0.05, 0) is 48.7 Å². The molecule has 5 heterocycles. The third-order valence-corrected chi connectivity index (χ3v) is 18.8. The first-order chi connectivity index (χ1) is 19.8. The third-order valence-electron chi connectivity index (χ3n) is 10.0. The number of fused-ring (bicyclic) bond motifs is 4. The van der Waals surface area contributed by atoms with Gasteiger partial charge in [0.25, 0.3) is 0 Å². The van der Waals surface area contributed by atoms with Crippen molar-refractivity contribution in [1.82, 2.24) is 19.2 Å². The Morgan fingerprint density at radius 2 is 1.71 bits per heavy atom. The van der Waals surface area contributed by atoms with Crippen LogP contribution in [0.2, 0.25) is 16.6 Å². The fourth-order valence-corrected chi connectivity index (χ4v) is 16.0. The summed E-state index contributed by atoms with van der Waals surface area (Å²) >= 11 is 0. The van der Waals surface area contributed by atoms with Crippen LogP contribution < -0.4 is 9.64 Å². The first-order valence-corrected chi connectivity index (χ1v) is 19.1. The van der Waals surface area contributed by atoms with Gasteiger partial charge in [0.1, 0.15) is 28.4 Å². The van der Waals surface area contributed by atoms with E-state index in [9.17, 15) is 13.5 Å². The van der Waals surface area contributed by atoms with E-state index in [1.165, 1.54) is 12.5 Å². The van der Waals surface area contributed by atoms with Crippen LogP contribution in [0.15, 0.2) is 18.5 Å². The summed E-state index contributed by atoms with van der Waals surface area (Å²) in [5.41, 5.74) is 2.99. The summed E-state index contributed by atoms with van der Waals surface area (Å²) in [7, 11) is -5.66. The van der Waals surface area contributed by atoms with E-state index < -0.39 is 22.8 Å². The number of morpholine rings is 1. The molecule has 0 radical (unpaired) electrons. The third kappa shape index (κ3) is 4.04. The average molecular weight is 614 g/mol. The second-order valence-corrected chi connectivity index (χ2v) is 21.4. The quantitative estimate of drug-likeness (QED) is 0.357. The Kier molecular flexibility index (Phi) is 6.93. The number of rotatable bonds is 7. The van der Waals surface area contributed by atoms with Crippen LogP contribution in [0.25, 0.3) is 22.4 Å². The summed E-state index contributed by atoms with van der Waals surface area (Å²) in [5, 5.41) is 12.1. The van der Waals surface area contributed by atoms with E-state index in [-0.39, 0.29) is 23.7 Å². The molecule has 2 atom stereocenters. The van der Waals surface area contributed by atoms with Crippen molar-refractivity contribution < 1.29 is 23.0 Å². The normalized spacial score (nSPS) is 22.0. The van der Waals surface area contributed by atoms with Gasteiger partial charge in [0.15, 0.2) is 35.5 Å². The SMILES string of the molecule is CC(C)[Si](C(C)C)(C(C)C)n1ccc2c(-c3nc4c(c(C5(S(C)(=O)=O)CC5)n3)OC[C@@H]3COC[C@@H](C)N43)c(O)cnc21. The summed E-state index contributed by atoms with van der Waals surface area (Å²) in [5.74, 6) is 1.25. The number of aromatic hydroxyl groups is 1. The molecule has 1 N–H and O–H groups in total. The molecule has 1 saturated carbocycles. The van der Waals surface area contributed by atoms with E-state index in [4.69, 9.17) is 24.4 Å². The van der Waals surface area contributed by atoms with Gasteiger partial charge in [0, 0.05) is 11.6 Å². The number of aromatic nitrogens is 4. The molecule has 0 bridgehead atoms. The van der Waals surface area contributed by atoms with Crippen molar-refractivity contribution in [3.8, 4) is 22.9 Å². The molecule has 3 aliphatic rings. The van der Waals surface area contributed by atoms with Crippen molar-refractivity contribution >= 4 is 34.9 Å². The lowest BCUT2D eigenvalue weighted by Gasteiger charge is -2.45. The molecule has 42 heavy (non-hydrogen) atoms. The highest BCUT2D eigenvalue weighted by molar-refractivity contribution is 7.92. The molecule has 10 nitrogen and oxygen atoms in total. The van der Waals surface area contributed by atoms with E-state index in [0.717, 1.165) is 11.0 Å². The fraction of sp³-hybridized carbons (Fsp3) is 0.633. The van der Waals surface area contributed by atoms with Crippen molar-refractivity contribution in [2.24, 2.45) is 0 Å². The Labute approximate surface area is 249 Å². The number of sulfone groups is 1. The van der Waals surface area contributed by atoms with E-state index in [1.807, 2.05) is 6.07 Å². The van der Waals surface area contributed by atoms with Gasteiger partial charge in [-0.1, -0.05) is 41.5 Å². The Morgan fingerprint density at radius 1 is 1.05 bits per heavy atom. The molecule has 0 aromatic carbocycles. The van der Waals surface area contributed by atoms with Crippen molar-refractivity contribution in [3.05, 3.63) is 24.2 Å². The summed E-state index contributed by atoms with van der Waals surface area (Å²) < 4.78 is 39.7. The Balaban J connectivity index is 1.64. The molecule has 2 aliphatic heterocycles. The Morgan fingerprint density at radius 3 is 2.31 bits per heavy atom. The number of pyridine rings is 1. The molecule has 3 aromatic heterocycles. The molecule has 0 unspecified atom stereocenters. The van der Waals surface area contributed by atoms with Crippen molar-refractivity contribution in [2.75, 3.05) is 31.0 Å². The Hall–Kier alpha value is -2.70. The van der Waals surface area contributed by atoms with E-state index in [2.05, 4.69) is 63.8 Å². The first-order valence-electron chi connectivity index (χ1n) is 15.1. The lowest BCUT2D eigenvalue weighted by Crippen LogP contribution is -2.56. The highest BCUT2D eigenvalue weighted by Gasteiger charge is 2.58. The molecule has 228 valence electrons. The van der Waals surface area contributed by atoms with Crippen molar-refractivity contribution in [2.45, 2.75) is 94.8 Å². The zero-order chi connectivity index (χ0) is 30.4. The molecule has 2 fully saturated rings. The van der Waals surface area contributed by atoms with Gasteiger partial charge >= 0.3 is 0 Å². The fourth-order valence-electron chi connectivity index (χ4n) is 8.11. The maximum atomic E-state index is 13.2. The van der Waals surface area contributed by atoms with Crippen LogP contribution in [0.1, 0.15) is 67.0 Å². The number of nitrogens with zero attached hydrogens (tertiary/aromatic N) is 5. The van der Waals surface area contributed by atoms with Crippen LogP contribution in [0.3, 0.4) is 0 Å². The minimum absolute atomic E-state index is 0.0114. The predicted molar refractivity (Wildman–Crippen MR) is 167 cm³/mol. The van der Waals surface area contributed by atoms with Gasteiger partial charge in [-0.2, -0.15) is 0 Å². The minimum atomic E-state index is -3.50. The number of ether oxygens (including phenoxy) is 2. The molecule has 0 spiro atoms. The first kappa shape index (κ1) is 29.4. The maximum absolute atomic E-state index is 13.2. The smallest absolute Gasteiger partial charge is 0.185 e. The number of hydrogen-bond donors (Lipinski definition) is 1. The largest absolute Gasteiger partial charge is 0.506 e. The predicted octanol–water partition coefficient (Wildman–Crippen LogP) is 5.24. The topological polar surface area (TPSA) is 120 Å². The zero-order valence-electron chi connectivity index (χ0n) is 25.9. The molecular weight excluding hydrogens is 571 g/mol. The molecule has 12 heteroatoms. The molecule has 1 aliphatic carbocycles. The molecule has 3 aromatic rings.